The summed E-state index contributed by atoms with van der Waals surface area (Å²) in [6.07, 6.45) is 5.39. The Labute approximate surface area is 167 Å². The molecule has 2 atom stereocenters. The van der Waals surface area contributed by atoms with Crippen LogP contribution in [0.3, 0.4) is 0 Å². The molecular formula is C19H23IN4O2. The first-order valence-electron chi connectivity index (χ1n) is 8.75. The molecule has 138 valence electrons. The van der Waals surface area contributed by atoms with Gasteiger partial charge >= 0.3 is 0 Å². The van der Waals surface area contributed by atoms with Crippen molar-refractivity contribution >= 4 is 28.5 Å². The van der Waals surface area contributed by atoms with Crippen LogP contribution in [-0.2, 0) is 11.3 Å². The first-order chi connectivity index (χ1) is 12.7. The molecule has 1 saturated heterocycles. The fourth-order valence-electron chi connectivity index (χ4n) is 3.27. The molecule has 3 rings (SSSR count). The van der Waals surface area contributed by atoms with E-state index in [9.17, 15) is 10.0 Å². The third-order valence-electron chi connectivity index (χ3n) is 4.64. The van der Waals surface area contributed by atoms with Gasteiger partial charge in [0.1, 0.15) is 6.04 Å². The van der Waals surface area contributed by atoms with Crippen molar-refractivity contribution in [2.75, 3.05) is 13.1 Å². The van der Waals surface area contributed by atoms with Crippen LogP contribution in [0.15, 0.2) is 48.8 Å². The number of rotatable bonds is 7. The number of halogens is 1. The zero-order valence-electron chi connectivity index (χ0n) is 14.4. The number of carbonyl (C=O) groups excluding carboxylic acids is 1. The van der Waals surface area contributed by atoms with Gasteiger partial charge in [-0.15, -0.1) is 0 Å². The summed E-state index contributed by atoms with van der Waals surface area (Å²) in [5.74, 6) is 0.0106. The molecule has 1 aromatic heterocycles. The van der Waals surface area contributed by atoms with Gasteiger partial charge in [0.05, 0.1) is 6.04 Å². The molecule has 1 amide bonds. The van der Waals surface area contributed by atoms with Crippen molar-refractivity contribution in [3.05, 3.63) is 63.5 Å². The summed E-state index contributed by atoms with van der Waals surface area (Å²) >= 11 is 2.27. The maximum Gasteiger partial charge on any atom is 0.241 e. The zero-order valence-corrected chi connectivity index (χ0v) is 16.6. The molecule has 0 bridgehead atoms. The summed E-state index contributed by atoms with van der Waals surface area (Å²) in [6, 6.07) is 10.6. The van der Waals surface area contributed by atoms with Crippen LogP contribution in [0.2, 0.25) is 0 Å². The molecule has 2 aromatic rings. The molecule has 7 heteroatoms. The normalized spacial score (nSPS) is 16.5. The van der Waals surface area contributed by atoms with Crippen LogP contribution in [0, 0.1) is 3.57 Å². The van der Waals surface area contributed by atoms with Crippen LogP contribution < -0.4 is 10.8 Å². The quantitative estimate of drug-likeness (QED) is 0.432. The van der Waals surface area contributed by atoms with Crippen LogP contribution in [0.5, 0.6) is 0 Å². The predicted octanol–water partition coefficient (Wildman–Crippen LogP) is 2.49. The minimum atomic E-state index is -0.571. The van der Waals surface area contributed by atoms with Gasteiger partial charge in [-0.05, 0) is 70.8 Å². The zero-order chi connectivity index (χ0) is 18.4. The number of likely N-dealkylation sites (tertiary alicyclic amines) is 1. The SMILES string of the molecule is O=C([C@H](NCc1cccc(I)c1)[C@@H](NO)c1ccncc1)N1CCCC1. The Bertz CT molecular complexity index is 722. The Hall–Kier alpha value is -1.55. The molecule has 1 aromatic carbocycles. The predicted molar refractivity (Wildman–Crippen MR) is 108 cm³/mol. The number of nitrogens with zero attached hydrogens (tertiary/aromatic N) is 2. The van der Waals surface area contributed by atoms with Crippen molar-refractivity contribution in [2.45, 2.75) is 31.5 Å². The Morgan fingerprint density at radius 1 is 1.23 bits per heavy atom. The number of hydrogen-bond acceptors (Lipinski definition) is 5. The van der Waals surface area contributed by atoms with Gasteiger partial charge in [-0.2, -0.15) is 5.48 Å². The van der Waals surface area contributed by atoms with E-state index in [-0.39, 0.29) is 5.91 Å². The number of benzene rings is 1. The smallest absolute Gasteiger partial charge is 0.241 e. The van der Waals surface area contributed by atoms with E-state index in [2.05, 4.69) is 44.4 Å². The topological polar surface area (TPSA) is 77.5 Å². The number of pyridine rings is 1. The number of hydrogen-bond donors (Lipinski definition) is 3. The summed E-state index contributed by atoms with van der Waals surface area (Å²) < 4.78 is 1.15. The number of aromatic nitrogens is 1. The molecule has 3 N–H and O–H groups in total. The van der Waals surface area contributed by atoms with Crippen LogP contribution >= 0.6 is 22.6 Å². The van der Waals surface area contributed by atoms with Gasteiger partial charge in [0.2, 0.25) is 5.91 Å². The van der Waals surface area contributed by atoms with Crippen LogP contribution in [0.1, 0.15) is 30.0 Å². The van der Waals surface area contributed by atoms with E-state index in [1.807, 2.05) is 35.2 Å². The third-order valence-corrected chi connectivity index (χ3v) is 5.31. The average molecular weight is 466 g/mol. The molecule has 1 aliphatic rings. The van der Waals surface area contributed by atoms with E-state index >= 15 is 0 Å². The molecule has 1 fully saturated rings. The van der Waals surface area contributed by atoms with E-state index in [0.29, 0.717) is 6.54 Å². The summed E-state index contributed by atoms with van der Waals surface area (Å²) in [5.41, 5.74) is 4.25. The molecule has 0 radical (unpaired) electrons. The van der Waals surface area contributed by atoms with Crippen molar-refractivity contribution in [3.63, 3.8) is 0 Å². The fourth-order valence-corrected chi connectivity index (χ4v) is 3.88. The largest absolute Gasteiger partial charge is 0.341 e. The van der Waals surface area contributed by atoms with Crippen molar-refractivity contribution in [3.8, 4) is 0 Å². The van der Waals surface area contributed by atoms with E-state index in [0.717, 1.165) is 40.6 Å². The highest BCUT2D eigenvalue weighted by atomic mass is 127. The minimum absolute atomic E-state index is 0.0106. The van der Waals surface area contributed by atoms with E-state index in [1.165, 1.54) is 0 Å². The van der Waals surface area contributed by atoms with Crippen molar-refractivity contribution in [1.29, 1.82) is 0 Å². The fraction of sp³-hybridized carbons (Fsp3) is 0.368. The van der Waals surface area contributed by atoms with E-state index in [4.69, 9.17) is 0 Å². The second-order valence-electron chi connectivity index (χ2n) is 6.41. The maximum atomic E-state index is 13.1. The lowest BCUT2D eigenvalue weighted by molar-refractivity contribution is -0.134. The van der Waals surface area contributed by atoms with Gasteiger partial charge in [0, 0.05) is 35.6 Å². The van der Waals surface area contributed by atoms with Crippen LogP contribution in [0.4, 0.5) is 0 Å². The van der Waals surface area contributed by atoms with Crippen molar-refractivity contribution < 1.29 is 10.0 Å². The van der Waals surface area contributed by atoms with Gasteiger partial charge in [-0.3, -0.25) is 9.78 Å². The highest BCUT2D eigenvalue weighted by molar-refractivity contribution is 14.1. The lowest BCUT2D eigenvalue weighted by Gasteiger charge is -2.30. The summed E-state index contributed by atoms with van der Waals surface area (Å²) in [6.45, 7) is 2.09. The average Bonchev–Trinajstić information content (AvgIpc) is 3.20. The summed E-state index contributed by atoms with van der Waals surface area (Å²) in [5, 5.41) is 13.2. The Morgan fingerprint density at radius 3 is 2.62 bits per heavy atom. The summed E-state index contributed by atoms with van der Waals surface area (Å²) in [4.78, 5) is 19.0. The van der Waals surface area contributed by atoms with Crippen LogP contribution in [0.25, 0.3) is 0 Å². The van der Waals surface area contributed by atoms with Crippen molar-refractivity contribution in [1.82, 2.24) is 20.7 Å². The highest BCUT2D eigenvalue weighted by Crippen LogP contribution is 2.20. The van der Waals surface area contributed by atoms with Gasteiger partial charge < -0.3 is 15.4 Å². The standard InChI is InChI=1S/C19H23IN4O2/c20-16-5-3-4-14(12-16)13-22-18(19(25)24-10-1-2-11-24)17(23-26)15-6-8-21-9-7-15/h3-9,12,17-18,22-23,26H,1-2,10-11,13H2/t17-,18+/m0/s1. The number of hydroxylamine groups is 1. The number of amides is 1. The molecule has 0 unspecified atom stereocenters. The van der Waals surface area contributed by atoms with E-state index in [1.54, 1.807) is 12.4 Å². The number of nitrogens with one attached hydrogen (secondary N) is 2. The molecule has 6 nitrogen and oxygen atoms in total. The maximum absolute atomic E-state index is 13.1. The first-order valence-corrected chi connectivity index (χ1v) is 9.83. The lowest BCUT2D eigenvalue weighted by atomic mass is 9.99. The Morgan fingerprint density at radius 2 is 1.96 bits per heavy atom. The molecule has 2 heterocycles. The minimum Gasteiger partial charge on any atom is -0.341 e. The third kappa shape index (κ3) is 4.79. The second-order valence-corrected chi connectivity index (χ2v) is 7.65. The highest BCUT2D eigenvalue weighted by Gasteiger charge is 2.33. The second kappa shape index (κ2) is 9.40. The molecule has 1 aliphatic heterocycles. The van der Waals surface area contributed by atoms with Crippen LogP contribution in [-0.4, -0.2) is 40.1 Å². The summed E-state index contributed by atoms with van der Waals surface area (Å²) in [7, 11) is 0. The van der Waals surface area contributed by atoms with Gasteiger partial charge in [-0.25, -0.2) is 0 Å². The lowest BCUT2D eigenvalue weighted by Crippen LogP contribution is -2.51. The molecule has 0 aliphatic carbocycles. The molecule has 0 spiro atoms. The van der Waals surface area contributed by atoms with E-state index < -0.39 is 12.1 Å². The monoisotopic (exact) mass is 466 g/mol. The Balaban J connectivity index is 1.81. The van der Waals surface area contributed by atoms with Crippen molar-refractivity contribution in [2.24, 2.45) is 0 Å². The molecule has 26 heavy (non-hydrogen) atoms. The van der Waals surface area contributed by atoms with Gasteiger partial charge in [0.25, 0.3) is 0 Å². The van der Waals surface area contributed by atoms with Gasteiger partial charge in [-0.1, -0.05) is 12.1 Å². The number of carbonyl (C=O) groups is 1. The first kappa shape index (κ1) is 19.2. The van der Waals surface area contributed by atoms with Gasteiger partial charge in [0.15, 0.2) is 0 Å². The Kier molecular flexibility index (Phi) is 6.95. The molecule has 0 saturated carbocycles. The molecular weight excluding hydrogens is 443 g/mol.